The molecule has 1 aliphatic rings. The van der Waals surface area contributed by atoms with Crippen molar-refractivity contribution in [2.24, 2.45) is 5.41 Å². The van der Waals surface area contributed by atoms with Crippen molar-refractivity contribution in [3.8, 4) is 5.75 Å². The lowest BCUT2D eigenvalue weighted by Gasteiger charge is -2.41. The highest BCUT2D eigenvalue weighted by Gasteiger charge is 2.36. The number of amides is 1. The Morgan fingerprint density at radius 3 is 2.41 bits per heavy atom. The van der Waals surface area contributed by atoms with E-state index in [-0.39, 0.29) is 23.2 Å². The molecule has 32 heavy (non-hydrogen) atoms. The molecule has 3 aromatic rings. The van der Waals surface area contributed by atoms with E-state index in [0.717, 1.165) is 23.2 Å². The van der Waals surface area contributed by atoms with Crippen molar-refractivity contribution in [2.45, 2.75) is 26.3 Å². The van der Waals surface area contributed by atoms with Gasteiger partial charge in [0.15, 0.2) is 0 Å². The minimum atomic E-state index is -1.34. The summed E-state index contributed by atoms with van der Waals surface area (Å²) < 4.78 is 17.8. The van der Waals surface area contributed by atoms with Gasteiger partial charge in [-0.05, 0) is 77.6 Å². The third-order valence-electron chi connectivity index (χ3n) is 5.62. The molecule has 6 nitrogen and oxygen atoms in total. The van der Waals surface area contributed by atoms with Gasteiger partial charge in [-0.1, -0.05) is 26.0 Å². The van der Waals surface area contributed by atoms with Crippen LogP contribution in [0.25, 0.3) is 0 Å². The predicted molar refractivity (Wildman–Crippen MR) is 120 cm³/mol. The molecule has 0 aliphatic carbocycles. The Labute approximate surface area is 185 Å². The number of carbonyl (C=O) groups is 2. The minimum Gasteiger partial charge on any atom is -0.449 e. The maximum absolute atomic E-state index is 13.1. The van der Waals surface area contributed by atoms with Crippen LogP contribution in [0.4, 0.5) is 20.6 Å². The number of ether oxygens (including phenoxy) is 1. The molecule has 0 bridgehead atoms. The number of carboxylic acid groups (broad SMARTS) is 1. The van der Waals surface area contributed by atoms with E-state index in [2.05, 4.69) is 24.5 Å². The Kier molecular flexibility index (Phi) is 5.57. The van der Waals surface area contributed by atoms with Crippen molar-refractivity contribution >= 4 is 23.4 Å². The number of carbonyl (C=O) groups excluding carboxylic acids is 1. The molecule has 1 aliphatic heterocycles. The number of fused-ring (bicyclic) bond motifs is 1. The van der Waals surface area contributed by atoms with E-state index in [9.17, 15) is 14.0 Å². The smallest absolute Gasteiger partial charge is 0.449 e. The topological polar surface area (TPSA) is 87.7 Å². The van der Waals surface area contributed by atoms with Crippen molar-refractivity contribution in [1.29, 1.82) is 0 Å². The third-order valence-corrected chi connectivity index (χ3v) is 5.62. The van der Waals surface area contributed by atoms with E-state index in [1.807, 2.05) is 30.3 Å². The zero-order valence-corrected chi connectivity index (χ0v) is 17.7. The molecule has 3 N–H and O–H groups in total. The van der Waals surface area contributed by atoms with E-state index in [1.54, 1.807) is 12.1 Å². The number of hydrogen-bond donors (Lipinski definition) is 3. The first-order valence-electron chi connectivity index (χ1n) is 10.2. The summed E-state index contributed by atoms with van der Waals surface area (Å²) in [7, 11) is 0. The molecule has 1 unspecified atom stereocenters. The van der Waals surface area contributed by atoms with E-state index in [4.69, 9.17) is 9.84 Å². The first-order chi connectivity index (χ1) is 15.2. The van der Waals surface area contributed by atoms with Gasteiger partial charge in [0.05, 0.1) is 6.04 Å². The van der Waals surface area contributed by atoms with Crippen LogP contribution in [0.15, 0.2) is 66.7 Å². The second-order valence-electron chi connectivity index (χ2n) is 8.51. The Balaban J connectivity index is 1.50. The highest BCUT2D eigenvalue weighted by atomic mass is 19.1. The highest BCUT2D eigenvalue weighted by molar-refractivity contribution is 6.04. The van der Waals surface area contributed by atoms with E-state index >= 15 is 0 Å². The molecule has 0 fully saturated rings. The lowest BCUT2D eigenvalue weighted by Crippen LogP contribution is -2.35. The molecule has 0 saturated carbocycles. The number of halogens is 1. The van der Waals surface area contributed by atoms with Gasteiger partial charge in [0.1, 0.15) is 11.6 Å². The molecule has 0 aromatic heterocycles. The zero-order chi connectivity index (χ0) is 22.9. The monoisotopic (exact) mass is 434 g/mol. The molecule has 0 radical (unpaired) electrons. The maximum atomic E-state index is 13.1. The van der Waals surface area contributed by atoms with E-state index in [1.165, 1.54) is 24.3 Å². The fourth-order valence-corrected chi connectivity index (χ4v) is 4.06. The molecule has 0 saturated heterocycles. The zero-order valence-electron chi connectivity index (χ0n) is 17.7. The summed E-state index contributed by atoms with van der Waals surface area (Å²) in [6.45, 7) is 4.28. The molecule has 4 rings (SSSR count). The van der Waals surface area contributed by atoms with Crippen LogP contribution in [-0.4, -0.2) is 17.2 Å². The van der Waals surface area contributed by atoms with Crippen molar-refractivity contribution < 1.29 is 23.8 Å². The number of nitrogens with one attached hydrogen (secondary N) is 2. The highest BCUT2D eigenvalue weighted by Crippen LogP contribution is 2.45. The van der Waals surface area contributed by atoms with Crippen LogP contribution in [0.2, 0.25) is 0 Å². The first-order valence-corrected chi connectivity index (χ1v) is 10.2. The van der Waals surface area contributed by atoms with Gasteiger partial charge in [0.25, 0.3) is 5.91 Å². The van der Waals surface area contributed by atoms with Crippen LogP contribution in [0.3, 0.4) is 0 Å². The molecule has 3 aromatic carbocycles. The molecule has 7 heteroatoms. The van der Waals surface area contributed by atoms with Gasteiger partial charge in [0, 0.05) is 16.9 Å². The standard InChI is InChI=1S/C25H23FN2O4/c1-25(2)14-17-13-20(32-24(30)31)11-12-21(17)28-22(25)15-5-9-19(10-6-15)27-23(29)16-3-7-18(26)8-4-16/h3-13,22,28H,14H2,1-2H3,(H,27,29)(H,30,31). The average molecular weight is 434 g/mol. The summed E-state index contributed by atoms with van der Waals surface area (Å²) in [5.74, 6) is -0.392. The molecule has 0 spiro atoms. The Morgan fingerprint density at radius 2 is 1.75 bits per heavy atom. The van der Waals surface area contributed by atoms with E-state index in [0.29, 0.717) is 17.0 Å². The molecular weight excluding hydrogens is 411 g/mol. The second-order valence-corrected chi connectivity index (χ2v) is 8.51. The van der Waals surface area contributed by atoms with Gasteiger partial charge in [-0.15, -0.1) is 0 Å². The van der Waals surface area contributed by atoms with E-state index < -0.39 is 6.16 Å². The predicted octanol–water partition coefficient (Wildman–Crippen LogP) is 5.87. The van der Waals surface area contributed by atoms with Crippen molar-refractivity contribution in [1.82, 2.24) is 0 Å². The quantitative estimate of drug-likeness (QED) is 0.353. The van der Waals surface area contributed by atoms with Crippen molar-refractivity contribution in [2.75, 3.05) is 10.6 Å². The summed E-state index contributed by atoms with van der Waals surface area (Å²) >= 11 is 0. The first kappa shape index (κ1) is 21.4. The molecule has 1 amide bonds. The number of hydrogen-bond acceptors (Lipinski definition) is 4. The number of benzene rings is 3. The van der Waals surface area contributed by atoms with Crippen LogP contribution in [0, 0.1) is 11.2 Å². The van der Waals surface area contributed by atoms with Crippen molar-refractivity contribution in [3.05, 3.63) is 89.2 Å². The number of rotatable bonds is 4. The van der Waals surface area contributed by atoms with Gasteiger partial charge in [-0.2, -0.15) is 0 Å². The summed E-state index contributed by atoms with van der Waals surface area (Å²) in [4.78, 5) is 23.2. The molecular formula is C25H23FN2O4. The van der Waals surface area contributed by atoms with Gasteiger partial charge in [0.2, 0.25) is 0 Å². The molecule has 164 valence electrons. The van der Waals surface area contributed by atoms with Crippen LogP contribution < -0.4 is 15.4 Å². The normalized spacial score (nSPS) is 16.4. The summed E-state index contributed by atoms with van der Waals surface area (Å²) in [6, 6.07) is 18.2. The largest absolute Gasteiger partial charge is 0.511 e. The second kappa shape index (κ2) is 8.34. The Morgan fingerprint density at radius 1 is 1.06 bits per heavy atom. The third kappa shape index (κ3) is 4.56. The average Bonchev–Trinajstić information content (AvgIpc) is 2.73. The van der Waals surface area contributed by atoms with Crippen LogP contribution in [0.1, 0.15) is 41.4 Å². The van der Waals surface area contributed by atoms with Gasteiger partial charge < -0.3 is 20.5 Å². The van der Waals surface area contributed by atoms with Gasteiger partial charge in [-0.3, -0.25) is 4.79 Å². The van der Waals surface area contributed by atoms with Gasteiger partial charge >= 0.3 is 6.16 Å². The van der Waals surface area contributed by atoms with Gasteiger partial charge in [-0.25, -0.2) is 9.18 Å². The number of anilines is 2. The van der Waals surface area contributed by atoms with Crippen LogP contribution in [0.5, 0.6) is 5.75 Å². The summed E-state index contributed by atoms with van der Waals surface area (Å²) in [6.07, 6.45) is -0.600. The SMILES string of the molecule is CC1(C)Cc2cc(OC(=O)O)ccc2NC1c1ccc(NC(=O)c2ccc(F)cc2)cc1. The summed E-state index contributed by atoms with van der Waals surface area (Å²) in [5.41, 5.74) is 3.86. The lowest BCUT2D eigenvalue weighted by molar-refractivity contribution is 0.102. The summed E-state index contributed by atoms with van der Waals surface area (Å²) in [5, 5.41) is 15.2. The maximum Gasteiger partial charge on any atom is 0.511 e. The molecule has 1 atom stereocenters. The Bertz CT molecular complexity index is 1160. The Hall–Kier alpha value is -3.87. The van der Waals surface area contributed by atoms with Crippen LogP contribution in [-0.2, 0) is 6.42 Å². The van der Waals surface area contributed by atoms with Crippen molar-refractivity contribution in [3.63, 3.8) is 0 Å². The fourth-order valence-electron chi connectivity index (χ4n) is 4.06. The molecule has 1 heterocycles. The minimum absolute atomic E-state index is 0.0168. The fraction of sp³-hybridized carbons (Fsp3) is 0.200. The lowest BCUT2D eigenvalue weighted by atomic mass is 9.73. The van der Waals surface area contributed by atoms with Crippen LogP contribution >= 0.6 is 0 Å².